The van der Waals surface area contributed by atoms with E-state index < -0.39 is 0 Å². The van der Waals surface area contributed by atoms with Crippen molar-refractivity contribution in [3.63, 3.8) is 0 Å². The molecule has 0 radical (unpaired) electrons. The van der Waals surface area contributed by atoms with E-state index in [1.165, 1.54) is 82.8 Å². The van der Waals surface area contributed by atoms with E-state index in [9.17, 15) is 0 Å². The van der Waals surface area contributed by atoms with E-state index in [1.807, 2.05) is 0 Å². The molecular weight excluding hydrogens is 605 g/mol. The maximum Gasteiger partial charge on any atom is 0.0599 e. The van der Waals surface area contributed by atoms with Crippen LogP contribution in [0.25, 0.3) is 55.0 Å². The lowest BCUT2D eigenvalue weighted by atomic mass is 9.73. The van der Waals surface area contributed by atoms with Crippen molar-refractivity contribution in [3.05, 3.63) is 119 Å². The third-order valence-electron chi connectivity index (χ3n) is 11.6. The summed E-state index contributed by atoms with van der Waals surface area (Å²) in [6.07, 6.45) is 1.05. The summed E-state index contributed by atoms with van der Waals surface area (Å²) < 4.78 is 5.24. The van der Waals surface area contributed by atoms with Crippen molar-refractivity contribution in [2.75, 3.05) is 0 Å². The van der Waals surface area contributed by atoms with Crippen molar-refractivity contribution < 1.29 is 0 Å². The predicted octanol–water partition coefficient (Wildman–Crippen LogP) is 13.6. The monoisotopic (exact) mass is 658 g/mol. The second kappa shape index (κ2) is 10.6. The van der Waals surface area contributed by atoms with Gasteiger partial charge in [-0.3, -0.25) is 0 Å². The van der Waals surface area contributed by atoms with Gasteiger partial charge in [0.25, 0.3) is 0 Å². The Balaban J connectivity index is 1.70. The van der Waals surface area contributed by atoms with E-state index in [4.69, 9.17) is 0 Å². The maximum atomic E-state index is 2.62. The van der Waals surface area contributed by atoms with Gasteiger partial charge in [-0.2, -0.15) is 0 Å². The van der Waals surface area contributed by atoms with Crippen molar-refractivity contribution in [1.82, 2.24) is 9.13 Å². The predicted molar refractivity (Wildman–Crippen MR) is 217 cm³/mol. The Morgan fingerprint density at radius 1 is 0.540 bits per heavy atom. The molecule has 1 unspecified atom stereocenters. The molecule has 0 saturated heterocycles. The summed E-state index contributed by atoms with van der Waals surface area (Å²) in [5.74, 6) is 0.362. The fraction of sp³-hybridized carbons (Fsp3) is 0.375. The van der Waals surface area contributed by atoms with E-state index in [0.29, 0.717) is 5.92 Å². The fourth-order valence-electron chi connectivity index (χ4n) is 8.86. The van der Waals surface area contributed by atoms with Gasteiger partial charge < -0.3 is 9.13 Å². The van der Waals surface area contributed by atoms with Crippen molar-refractivity contribution >= 4 is 43.6 Å². The number of nitrogens with zero attached hydrogens (tertiary/aromatic N) is 2. The molecule has 2 aromatic heterocycles. The molecule has 50 heavy (non-hydrogen) atoms. The first-order valence-electron chi connectivity index (χ1n) is 18.7. The quantitative estimate of drug-likeness (QED) is 0.153. The van der Waals surface area contributed by atoms with Gasteiger partial charge in [0.2, 0.25) is 0 Å². The summed E-state index contributed by atoms with van der Waals surface area (Å²) in [5, 5.41) is 5.27. The zero-order valence-electron chi connectivity index (χ0n) is 32.3. The first kappa shape index (κ1) is 32.9. The Hall–Kier alpha value is -4.30. The van der Waals surface area contributed by atoms with Crippen molar-refractivity contribution in [3.8, 4) is 11.4 Å². The molecule has 2 heteroatoms. The SMILES string of the molecule is CC1CC(C)(C)c2cc(cc(C(C)(C)C)c2)-n2c3ccccc3c3cc4c5ccccc5n(c4c(C(C)(C)C)c32)-c2cc1cc(C(C)(C)C)c2. The summed E-state index contributed by atoms with van der Waals surface area (Å²) in [6.45, 7) is 28.7. The first-order chi connectivity index (χ1) is 23.3. The van der Waals surface area contributed by atoms with E-state index >= 15 is 0 Å². The molecule has 6 bridgehead atoms. The van der Waals surface area contributed by atoms with Crippen LogP contribution in [0.1, 0.15) is 123 Å². The smallest absolute Gasteiger partial charge is 0.0599 e. The van der Waals surface area contributed by atoms with Crippen molar-refractivity contribution in [2.24, 2.45) is 0 Å². The van der Waals surface area contributed by atoms with Crippen LogP contribution in [-0.2, 0) is 21.7 Å². The van der Waals surface area contributed by atoms with Crippen LogP contribution in [0.3, 0.4) is 0 Å². The lowest BCUT2D eigenvalue weighted by molar-refractivity contribution is 0.436. The van der Waals surface area contributed by atoms with Crippen LogP contribution >= 0.6 is 0 Å². The third kappa shape index (κ3) is 4.96. The molecule has 5 aromatic carbocycles. The Bertz CT molecular complexity index is 2490. The standard InChI is InChI=1S/C48H54N2/c1-29-28-48(11,12)33-23-32(46(5,6)7)25-35(26-33)50-41-20-16-14-18-37(41)39-27-38-36-17-13-15-19-40(36)49(43(38)42(44(39)50)47(8,9)10)34-22-30(29)21-31(24-34)45(2,3)4/h13-27,29H,28H2,1-12H3. The Kier molecular flexibility index (Phi) is 6.98. The molecule has 2 nitrogen and oxygen atoms in total. The Morgan fingerprint density at radius 3 is 1.52 bits per heavy atom. The van der Waals surface area contributed by atoms with E-state index in [2.05, 4.69) is 183 Å². The first-order valence-corrected chi connectivity index (χ1v) is 18.7. The third-order valence-corrected chi connectivity index (χ3v) is 11.6. The highest BCUT2D eigenvalue weighted by atomic mass is 15.0. The van der Waals surface area contributed by atoms with E-state index in [1.54, 1.807) is 0 Å². The van der Waals surface area contributed by atoms with Crippen LogP contribution in [0.2, 0.25) is 0 Å². The van der Waals surface area contributed by atoms with Gasteiger partial charge >= 0.3 is 0 Å². The zero-order valence-corrected chi connectivity index (χ0v) is 32.3. The average Bonchev–Trinajstić information content (AvgIpc) is 3.54. The van der Waals surface area contributed by atoms with Gasteiger partial charge in [-0.1, -0.05) is 132 Å². The Labute approximate surface area is 299 Å². The van der Waals surface area contributed by atoms with Crippen LogP contribution in [0.5, 0.6) is 0 Å². The summed E-state index contributed by atoms with van der Waals surface area (Å²) in [4.78, 5) is 0. The molecule has 1 atom stereocenters. The van der Waals surface area contributed by atoms with Gasteiger partial charge in [0.05, 0.1) is 22.1 Å². The second-order valence-electron chi connectivity index (χ2n) is 19.1. The lowest BCUT2D eigenvalue weighted by Crippen LogP contribution is -2.23. The largest absolute Gasteiger partial charge is 0.309 e. The van der Waals surface area contributed by atoms with Crippen LogP contribution < -0.4 is 0 Å². The molecule has 0 amide bonds. The van der Waals surface area contributed by atoms with Crippen LogP contribution in [-0.4, -0.2) is 9.13 Å². The number of hydrogen-bond acceptors (Lipinski definition) is 0. The molecule has 3 heterocycles. The minimum absolute atomic E-state index is 0.000851. The normalized spacial score (nSPS) is 16.7. The molecule has 1 aliphatic rings. The number of para-hydroxylation sites is 2. The molecule has 7 aromatic rings. The van der Waals surface area contributed by atoms with Gasteiger partial charge in [0.15, 0.2) is 0 Å². The van der Waals surface area contributed by atoms with Gasteiger partial charge in [0, 0.05) is 38.5 Å². The van der Waals surface area contributed by atoms with Gasteiger partial charge in [-0.25, -0.2) is 0 Å². The highest BCUT2D eigenvalue weighted by molar-refractivity contribution is 6.21. The van der Waals surface area contributed by atoms with Gasteiger partial charge in [-0.05, 0) is 98.7 Å². The minimum atomic E-state index is -0.158. The van der Waals surface area contributed by atoms with Gasteiger partial charge in [-0.15, -0.1) is 0 Å². The maximum absolute atomic E-state index is 2.62. The molecule has 1 aliphatic heterocycles. The number of benzene rings is 5. The van der Waals surface area contributed by atoms with Crippen LogP contribution in [0.15, 0.2) is 91.0 Å². The van der Waals surface area contributed by atoms with Crippen LogP contribution in [0.4, 0.5) is 0 Å². The number of fused-ring (bicyclic) bond motifs is 12. The fourth-order valence-corrected chi connectivity index (χ4v) is 8.86. The second-order valence-corrected chi connectivity index (χ2v) is 19.1. The molecular formula is C48H54N2. The number of rotatable bonds is 0. The van der Waals surface area contributed by atoms with E-state index in [0.717, 1.165) is 6.42 Å². The molecule has 0 N–H and O–H groups in total. The molecule has 256 valence electrons. The molecule has 0 saturated carbocycles. The average molecular weight is 659 g/mol. The summed E-state index contributed by atoms with van der Waals surface area (Å²) >= 11 is 0. The molecule has 0 fully saturated rings. The summed E-state index contributed by atoms with van der Waals surface area (Å²) in [5.41, 5.74) is 14.5. The highest BCUT2D eigenvalue weighted by Gasteiger charge is 2.33. The molecule has 0 aliphatic carbocycles. The topological polar surface area (TPSA) is 9.86 Å². The number of aromatic nitrogens is 2. The zero-order chi connectivity index (χ0) is 35.7. The highest BCUT2D eigenvalue weighted by Crippen LogP contribution is 2.48. The van der Waals surface area contributed by atoms with Crippen molar-refractivity contribution in [2.45, 2.75) is 117 Å². The van der Waals surface area contributed by atoms with Gasteiger partial charge in [0.1, 0.15) is 0 Å². The van der Waals surface area contributed by atoms with Crippen molar-refractivity contribution in [1.29, 1.82) is 0 Å². The molecule has 8 rings (SSSR count). The molecule has 0 spiro atoms. The van der Waals surface area contributed by atoms with Crippen LogP contribution in [0, 0.1) is 0 Å². The Morgan fingerprint density at radius 2 is 1.02 bits per heavy atom. The summed E-state index contributed by atoms with van der Waals surface area (Å²) in [7, 11) is 0. The lowest BCUT2D eigenvalue weighted by Gasteiger charge is -2.33. The van der Waals surface area contributed by atoms with E-state index in [-0.39, 0.29) is 21.7 Å². The minimum Gasteiger partial charge on any atom is -0.309 e. The number of hydrogen-bond donors (Lipinski definition) is 0. The summed E-state index contributed by atoms with van der Waals surface area (Å²) in [6, 6.07) is 35.7.